The van der Waals surface area contributed by atoms with Crippen LogP contribution in [0.15, 0.2) is 29.2 Å². The Morgan fingerprint density at radius 1 is 1.10 bits per heavy atom. The molecular weight excluding hydrogens is 524 g/mol. The van der Waals surface area contributed by atoms with Crippen molar-refractivity contribution in [1.29, 1.82) is 5.26 Å². The van der Waals surface area contributed by atoms with Crippen LogP contribution in [0.3, 0.4) is 0 Å². The number of carbonyl (C=O) groups excluding carboxylic acids is 1. The van der Waals surface area contributed by atoms with Gasteiger partial charge in [-0.1, -0.05) is 13.8 Å². The van der Waals surface area contributed by atoms with E-state index in [9.17, 15) is 33.6 Å². The van der Waals surface area contributed by atoms with Gasteiger partial charge in [0.05, 0.1) is 35.3 Å². The third-order valence-electron chi connectivity index (χ3n) is 11.1. The lowest BCUT2D eigenvalue weighted by molar-refractivity contribution is -0.458. The van der Waals surface area contributed by atoms with Gasteiger partial charge in [0.15, 0.2) is 5.78 Å². The highest BCUT2D eigenvalue weighted by atomic mass is 32.2. The first-order valence-electron chi connectivity index (χ1n) is 13.7. The smallest absolute Gasteiger partial charge is 0.240 e. The first-order chi connectivity index (χ1) is 18.3. The van der Waals surface area contributed by atoms with Gasteiger partial charge in [-0.05, 0) is 73.6 Å². The van der Waals surface area contributed by atoms with Crippen LogP contribution < -0.4 is 4.72 Å². The van der Waals surface area contributed by atoms with Crippen LogP contribution >= 0.6 is 0 Å². The molecule has 6 aliphatic rings. The fourth-order valence-corrected chi connectivity index (χ4v) is 10.6. The summed E-state index contributed by atoms with van der Waals surface area (Å²) in [6.07, 6.45) is -1.43. The monoisotopic (exact) mass is 560 g/mol. The number of fused-ring (bicyclic) bond motifs is 2. The Bertz CT molecular complexity index is 1340. The molecule has 1 aromatic rings. The van der Waals surface area contributed by atoms with Gasteiger partial charge in [0.2, 0.25) is 15.8 Å². The van der Waals surface area contributed by atoms with E-state index in [1.165, 1.54) is 24.3 Å². The van der Waals surface area contributed by atoms with Crippen LogP contribution in [0.1, 0.15) is 51.5 Å². The van der Waals surface area contributed by atoms with E-state index in [4.69, 9.17) is 10.00 Å². The number of rotatable bonds is 5. The Hall–Kier alpha value is -1.91. The van der Waals surface area contributed by atoms with Crippen LogP contribution in [-0.2, 0) is 19.6 Å². The quantitative estimate of drug-likeness (QED) is 0.346. The zero-order valence-electron chi connectivity index (χ0n) is 22.1. The predicted molar refractivity (Wildman–Crippen MR) is 136 cm³/mol. The van der Waals surface area contributed by atoms with Gasteiger partial charge in [-0.25, -0.2) is 13.1 Å². The number of Topliss-reactive ketones (excluding diaryl/α,β-unsaturated/α-hetero) is 1. The molecule has 1 aromatic carbocycles. The van der Waals surface area contributed by atoms with Crippen molar-refractivity contribution < 1.29 is 38.4 Å². The molecule has 4 saturated carbocycles. The van der Waals surface area contributed by atoms with E-state index in [2.05, 4.69) is 4.72 Å². The van der Waals surface area contributed by atoms with Crippen LogP contribution in [0.25, 0.3) is 0 Å². The molecule has 0 amide bonds. The number of ether oxygens (including phenoxy) is 1. The number of nitriles is 1. The summed E-state index contributed by atoms with van der Waals surface area (Å²) in [7, 11) is -3.90. The van der Waals surface area contributed by atoms with Gasteiger partial charge in [-0.15, -0.1) is 0 Å². The number of hydrogen-bond donors (Lipinski definition) is 5. The van der Waals surface area contributed by atoms with Gasteiger partial charge in [0, 0.05) is 23.8 Å². The molecule has 2 aliphatic heterocycles. The highest BCUT2D eigenvalue weighted by molar-refractivity contribution is 7.89. The van der Waals surface area contributed by atoms with Gasteiger partial charge >= 0.3 is 0 Å². The van der Waals surface area contributed by atoms with E-state index in [0.717, 1.165) is 0 Å². The molecule has 2 heterocycles. The van der Waals surface area contributed by atoms with E-state index in [1.807, 2.05) is 19.9 Å². The minimum absolute atomic E-state index is 0.00195. The largest absolute Gasteiger partial charge is 0.392 e. The Labute approximate surface area is 228 Å². The van der Waals surface area contributed by atoms with Crippen molar-refractivity contribution in [3.8, 4) is 6.07 Å². The molecule has 212 valence electrons. The predicted octanol–water partition coefficient (Wildman–Crippen LogP) is 0.676. The molecule has 10 nitrogen and oxygen atoms in total. The zero-order chi connectivity index (χ0) is 28.2. The summed E-state index contributed by atoms with van der Waals surface area (Å²) in [5.41, 5.74) is -2.88. The van der Waals surface area contributed by atoms with E-state index >= 15 is 0 Å². The fourth-order valence-electron chi connectivity index (χ4n) is 9.58. The number of sulfonamides is 1. The topological polar surface area (TPSA) is 177 Å². The first kappa shape index (κ1) is 27.3. The Morgan fingerprint density at radius 3 is 2.46 bits per heavy atom. The van der Waals surface area contributed by atoms with Crippen LogP contribution in [-0.4, -0.2) is 71.9 Å². The third-order valence-corrected chi connectivity index (χ3v) is 12.6. The number of hydrogen-bond acceptors (Lipinski definition) is 9. The second-order valence-corrected chi connectivity index (χ2v) is 14.7. The number of benzene rings is 1. The second-order valence-electron chi connectivity index (χ2n) is 13.0. The van der Waals surface area contributed by atoms with Crippen LogP contribution in [0.2, 0.25) is 0 Å². The van der Waals surface area contributed by atoms with Crippen LogP contribution in [0, 0.1) is 51.2 Å². The average Bonchev–Trinajstić information content (AvgIpc) is 3.00. The summed E-state index contributed by atoms with van der Waals surface area (Å²) >= 11 is 0. The van der Waals surface area contributed by atoms with Crippen LogP contribution in [0.5, 0.6) is 0 Å². The number of aliphatic hydroxyl groups excluding tert-OH is 3. The van der Waals surface area contributed by atoms with Gasteiger partial charge in [-0.3, -0.25) is 4.79 Å². The Morgan fingerprint density at radius 2 is 1.79 bits per heavy atom. The SMILES string of the molecule is CC1(C)CC[C@H](O)[C@]23CO[C@](O)([C@@H](O)[C@H]12)[C@]12C(=O)[C@@H](CCNS(=O)(=O)c4ccc(C#N)cc4)[C@H](CC[C@@H]31)[C@H]2O. The van der Waals surface area contributed by atoms with Gasteiger partial charge < -0.3 is 25.2 Å². The fraction of sp³-hybridized carbons (Fsp3) is 0.714. The molecule has 2 spiro atoms. The zero-order valence-corrected chi connectivity index (χ0v) is 22.9. The molecule has 39 heavy (non-hydrogen) atoms. The number of aliphatic hydroxyl groups is 4. The van der Waals surface area contributed by atoms with Crippen molar-refractivity contribution in [3.05, 3.63) is 29.8 Å². The maximum absolute atomic E-state index is 14.3. The van der Waals surface area contributed by atoms with Crippen molar-refractivity contribution >= 4 is 15.8 Å². The minimum atomic E-state index is -3.90. The lowest BCUT2D eigenvalue weighted by Crippen LogP contribution is -2.85. The van der Waals surface area contributed by atoms with Gasteiger partial charge in [-0.2, -0.15) is 5.26 Å². The van der Waals surface area contributed by atoms with Crippen molar-refractivity contribution in [3.63, 3.8) is 0 Å². The number of ketones is 1. The summed E-state index contributed by atoms with van der Waals surface area (Å²) in [5, 5.41) is 55.8. The molecule has 2 saturated heterocycles. The molecule has 4 bridgehead atoms. The third kappa shape index (κ3) is 3.22. The minimum Gasteiger partial charge on any atom is -0.392 e. The molecule has 6 fully saturated rings. The molecule has 0 radical (unpaired) electrons. The Kier molecular flexibility index (Phi) is 5.98. The lowest BCUT2D eigenvalue weighted by atomic mass is 9.35. The number of nitrogens with zero attached hydrogens (tertiary/aromatic N) is 1. The lowest BCUT2D eigenvalue weighted by Gasteiger charge is -2.74. The van der Waals surface area contributed by atoms with Crippen LogP contribution in [0.4, 0.5) is 0 Å². The Balaban J connectivity index is 1.31. The molecular formula is C28H36N2O8S. The highest BCUT2D eigenvalue weighted by Crippen LogP contribution is 2.76. The molecule has 0 aromatic heterocycles. The highest BCUT2D eigenvalue weighted by Gasteiger charge is 2.87. The normalized spacial score (nSPS) is 45.9. The van der Waals surface area contributed by atoms with Crippen molar-refractivity contribution in [1.82, 2.24) is 4.72 Å². The average molecular weight is 561 g/mol. The molecule has 7 rings (SSSR count). The van der Waals surface area contributed by atoms with E-state index in [0.29, 0.717) is 31.2 Å². The molecule has 4 aliphatic carbocycles. The summed E-state index contributed by atoms with van der Waals surface area (Å²) < 4.78 is 34.1. The summed E-state index contributed by atoms with van der Waals surface area (Å²) in [4.78, 5) is 14.3. The summed E-state index contributed by atoms with van der Waals surface area (Å²) in [6, 6.07) is 7.43. The standard InChI is InChI=1S/C28H36N2O8S/c1-25(2)11-9-20(31)26-14-38-28(35,24(34)21(25)26)27-19(26)8-7-17(22(27)32)18(23(27)33)10-12-30-39(36,37)16-5-3-15(13-29)4-6-16/h3-6,17-22,24,30-32,34-35H,7-12,14H2,1-2H3/t17-,18-,19-,20-,21+,22+,24-,26+,27+,28+/m0/s1. The first-order valence-corrected chi connectivity index (χ1v) is 15.2. The van der Waals surface area contributed by atoms with Crippen molar-refractivity contribution in [2.75, 3.05) is 13.2 Å². The van der Waals surface area contributed by atoms with Gasteiger partial charge in [0.1, 0.15) is 11.5 Å². The molecule has 0 unspecified atom stereocenters. The second kappa shape index (κ2) is 8.55. The molecule has 10 atom stereocenters. The maximum Gasteiger partial charge on any atom is 0.240 e. The molecule has 11 heteroatoms. The maximum atomic E-state index is 14.3. The van der Waals surface area contributed by atoms with Crippen molar-refractivity contribution in [2.45, 2.75) is 74.9 Å². The summed E-state index contributed by atoms with van der Waals surface area (Å²) in [5.74, 6) is -5.10. The molecule has 5 N–H and O–H groups in total. The van der Waals surface area contributed by atoms with E-state index < -0.39 is 79.8 Å². The summed E-state index contributed by atoms with van der Waals surface area (Å²) in [6.45, 7) is 3.94. The number of nitrogens with one attached hydrogen (secondary N) is 1. The van der Waals surface area contributed by atoms with E-state index in [-0.39, 0.29) is 24.5 Å². The van der Waals surface area contributed by atoms with Gasteiger partial charge in [0.25, 0.3) is 0 Å². The van der Waals surface area contributed by atoms with Crippen molar-refractivity contribution in [2.24, 2.45) is 39.9 Å². The van der Waals surface area contributed by atoms with E-state index in [1.54, 1.807) is 0 Å². The number of carbonyl (C=O) groups is 1.